The SMILES string of the molecule is C[C@H](NCC(=O)NCCc1ccsc1)[C@H](C)n1cccn1. The lowest BCUT2D eigenvalue weighted by Gasteiger charge is -2.21. The van der Waals surface area contributed by atoms with Gasteiger partial charge in [-0.05, 0) is 48.7 Å². The standard InChI is InChI=1S/C15H22N4OS/c1-12(13(2)19-8-3-6-18-19)17-10-15(20)16-7-4-14-5-9-21-11-14/h3,5-6,8-9,11-13,17H,4,7,10H2,1-2H3,(H,16,20)/t12-,13-/m0/s1. The number of nitrogens with zero attached hydrogens (tertiary/aromatic N) is 2. The van der Waals surface area contributed by atoms with Crippen LogP contribution in [0.3, 0.4) is 0 Å². The maximum Gasteiger partial charge on any atom is 0.233 e. The zero-order valence-electron chi connectivity index (χ0n) is 12.5. The van der Waals surface area contributed by atoms with Crippen molar-refractivity contribution in [3.63, 3.8) is 0 Å². The summed E-state index contributed by atoms with van der Waals surface area (Å²) in [6, 6.07) is 4.37. The van der Waals surface area contributed by atoms with Crippen molar-refractivity contribution in [3.05, 3.63) is 40.8 Å². The lowest BCUT2D eigenvalue weighted by molar-refractivity contribution is -0.120. The van der Waals surface area contributed by atoms with Gasteiger partial charge in [0.2, 0.25) is 5.91 Å². The number of nitrogens with one attached hydrogen (secondary N) is 2. The van der Waals surface area contributed by atoms with Crippen molar-refractivity contribution in [3.8, 4) is 0 Å². The third-order valence-corrected chi connectivity index (χ3v) is 4.30. The highest BCUT2D eigenvalue weighted by atomic mass is 32.1. The van der Waals surface area contributed by atoms with Crippen LogP contribution in [0.5, 0.6) is 0 Å². The molecular weight excluding hydrogens is 284 g/mol. The minimum atomic E-state index is 0.0322. The molecular formula is C15H22N4OS. The summed E-state index contributed by atoms with van der Waals surface area (Å²) in [6.45, 7) is 5.15. The lowest BCUT2D eigenvalue weighted by atomic mass is 10.2. The Balaban J connectivity index is 1.64. The molecule has 0 aliphatic carbocycles. The summed E-state index contributed by atoms with van der Waals surface area (Å²) >= 11 is 1.68. The van der Waals surface area contributed by atoms with Gasteiger partial charge in [-0.25, -0.2) is 0 Å². The number of amides is 1. The molecule has 0 bridgehead atoms. The van der Waals surface area contributed by atoms with E-state index in [1.165, 1.54) is 5.56 Å². The average molecular weight is 306 g/mol. The molecule has 0 aliphatic rings. The van der Waals surface area contributed by atoms with Crippen LogP contribution in [0.2, 0.25) is 0 Å². The van der Waals surface area contributed by atoms with Crippen LogP contribution in [0.25, 0.3) is 0 Å². The highest BCUT2D eigenvalue weighted by Crippen LogP contribution is 2.08. The normalized spacial score (nSPS) is 13.8. The molecule has 114 valence electrons. The molecule has 0 aromatic carbocycles. The number of rotatable bonds is 8. The quantitative estimate of drug-likeness (QED) is 0.782. The smallest absolute Gasteiger partial charge is 0.233 e. The van der Waals surface area contributed by atoms with Crippen molar-refractivity contribution in [2.24, 2.45) is 0 Å². The van der Waals surface area contributed by atoms with E-state index in [9.17, 15) is 4.79 Å². The van der Waals surface area contributed by atoms with Gasteiger partial charge in [-0.1, -0.05) is 0 Å². The van der Waals surface area contributed by atoms with Crippen molar-refractivity contribution in [1.82, 2.24) is 20.4 Å². The second-order valence-corrected chi connectivity index (χ2v) is 5.91. The Kier molecular flexibility index (Phi) is 5.95. The Morgan fingerprint density at radius 1 is 1.48 bits per heavy atom. The second-order valence-electron chi connectivity index (χ2n) is 5.13. The van der Waals surface area contributed by atoms with Crippen LogP contribution in [0, 0.1) is 0 Å². The van der Waals surface area contributed by atoms with Crippen molar-refractivity contribution in [2.75, 3.05) is 13.1 Å². The predicted molar refractivity (Wildman–Crippen MR) is 85.4 cm³/mol. The fourth-order valence-corrected chi connectivity index (χ4v) is 2.72. The molecule has 0 unspecified atom stereocenters. The number of hydrogen-bond donors (Lipinski definition) is 2. The third-order valence-electron chi connectivity index (χ3n) is 3.57. The zero-order chi connectivity index (χ0) is 15.1. The molecule has 2 atom stereocenters. The summed E-state index contributed by atoms with van der Waals surface area (Å²) in [7, 11) is 0. The molecule has 21 heavy (non-hydrogen) atoms. The molecule has 2 heterocycles. The van der Waals surface area contributed by atoms with E-state index in [0.29, 0.717) is 13.1 Å². The number of hydrogen-bond acceptors (Lipinski definition) is 4. The molecule has 0 radical (unpaired) electrons. The highest BCUT2D eigenvalue weighted by molar-refractivity contribution is 7.07. The van der Waals surface area contributed by atoms with Crippen LogP contribution in [0.4, 0.5) is 0 Å². The molecule has 2 aromatic rings. The summed E-state index contributed by atoms with van der Waals surface area (Å²) in [5, 5.41) is 14.6. The topological polar surface area (TPSA) is 59.0 Å². The van der Waals surface area contributed by atoms with Gasteiger partial charge in [-0.2, -0.15) is 16.4 Å². The number of thiophene rings is 1. The van der Waals surface area contributed by atoms with Crippen LogP contribution in [0.1, 0.15) is 25.5 Å². The Hall–Kier alpha value is -1.66. The van der Waals surface area contributed by atoms with Crippen molar-refractivity contribution in [1.29, 1.82) is 0 Å². The van der Waals surface area contributed by atoms with E-state index in [2.05, 4.69) is 46.4 Å². The van der Waals surface area contributed by atoms with E-state index in [0.717, 1.165) is 6.42 Å². The minimum Gasteiger partial charge on any atom is -0.355 e. The molecule has 0 spiro atoms. The number of aromatic nitrogens is 2. The molecule has 1 amide bonds. The summed E-state index contributed by atoms with van der Waals surface area (Å²) in [5.74, 6) is 0.0322. The van der Waals surface area contributed by atoms with E-state index in [-0.39, 0.29) is 18.0 Å². The molecule has 5 nitrogen and oxygen atoms in total. The van der Waals surface area contributed by atoms with Gasteiger partial charge in [0.1, 0.15) is 0 Å². The maximum absolute atomic E-state index is 11.8. The molecule has 2 rings (SSSR count). The van der Waals surface area contributed by atoms with Gasteiger partial charge in [0, 0.05) is 25.0 Å². The van der Waals surface area contributed by atoms with Gasteiger partial charge in [-0.15, -0.1) is 0 Å². The first kappa shape index (κ1) is 15.7. The molecule has 6 heteroatoms. The molecule has 0 aliphatic heterocycles. The van der Waals surface area contributed by atoms with Gasteiger partial charge in [0.25, 0.3) is 0 Å². The molecule has 2 aromatic heterocycles. The Labute approximate surface area is 129 Å². The van der Waals surface area contributed by atoms with Crippen LogP contribution < -0.4 is 10.6 Å². The molecule has 2 N–H and O–H groups in total. The highest BCUT2D eigenvalue weighted by Gasteiger charge is 2.14. The second kappa shape index (κ2) is 7.95. The Morgan fingerprint density at radius 2 is 2.33 bits per heavy atom. The summed E-state index contributed by atoms with van der Waals surface area (Å²) in [6.07, 6.45) is 4.58. The van der Waals surface area contributed by atoms with Crippen molar-refractivity contribution < 1.29 is 4.79 Å². The lowest BCUT2D eigenvalue weighted by Crippen LogP contribution is -2.41. The fourth-order valence-electron chi connectivity index (χ4n) is 2.02. The van der Waals surface area contributed by atoms with E-state index < -0.39 is 0 Å². The molecule has 0 saturated heterocycles. The van der Waals surface area contributed by atoms with Crippen LogP contribution in [-0.4, -0.2) is 34.8 Å². The summed E-state index contributed by atoms with van der Waals surface area (Å²) in [4.78, 5) is 11.8. The van der Waals surface area contributed by atoms with Gasteiger partial charge >= 0.3 is 0 Å². The van der Waals surface area contributed by atoms with Crippen LogP contribution in [-0.2, 0) is 11.2 Å². The number of carbonyl (C=O) groups is 1. The van der Waals surface area contributed by atoms with E-state index in [1.54, 1.807) is 17.5 Å². The predicted octanol–water partition coefficient (Wildman–Crippen LogP) is 1.84. The average Bonchev–Trinajstić information content (AvgIpc) is 3.16. The molecule has 0 saturated carbocycles. The maximum atomic E-state index is 11.8. The third kappa shape index (κ3) is 4.99. The first-order valence-corrected chi connectivity index (χ1v) is 8.11. The first-order valence-electron chi connectivity index (χ1n) is 7.17. The minimum absolute atomic E-state index is 0.0322. The summed E-state index contributed by atoms with van der Waals surface area (Å²) in [5.41, 5.74) is 1.27. The van der Waals surface area contributed by atoms with E-state index in [1.807, 2.05) is 16.9 Å². The number of carbonyl (C=O) groups excluding carboxylic acids is 1. The Bertz CT molecular complexity index is 524. The Morgan fingerprint density at radius 3 is 3.00 bits per heavy atom. The zero-order valence-corrected chi connectivity index (χ0v) is 13.3. The van der Waals surface area contributed by atoms with Crippen LogP contribution in [0.15, 0.2) is 35.3 Å². The van der Waals surface area contributed by atoms with Gasteiger partial charge in [-0.3, -0.25) is 9.48 Å². The van der Waals surface area contributed by atoms with E-state index in [4.69, 9.17) is 0 Å². The largest absolute Gasteiger partial charge is 0.355 e. The van der Waals surface area contributed by atoms with Crippen molar-refractivity contribution in [2.45, 2.75) is 32.4 Å². The first-order chi connectivity index (χ1) is 10.2. The van der Waals surface area contributed by atoms with Crippen molar-refractivity contribution >= 4 is 17.2 Å². The summed E-state index contributed by atoms with van der Waals surface area (Å²) < 4.78 is 1.89. The van der Waals surface area contributed by atoms with Gasteiger partial charge < -0.3 is 10.6 Å². The van der Waals surface area contributed by atoms with E-state index >= 15 is 0 Å². The molecule has 0 fully saturated rings. The van der Waals surface area contributed by atoms with Gasteiger partial charge in [0.05, 0.1) is 12.6 Å². The van der Waals surface area contributed by atoms with Crippen LogP contribution >= 0.6 is 11.3 Å². The van der Waals surface area contributed by atoms with Gasteiger partial charge in [0.15, 0.2) is 0 Å². The fraction of sp³-hybridized carbons (Fsp3) is 0.467. The monoisotopic (exact) mass is 306 g/mol.